The lowest BCUT2D eigenvalue weighted by Gasteiger charge is -2.36. The van der Waals surface area contributed by atoms with Gasteiger partial charge in [-0.2, -0.15) is 12.6 Å². The standard InChI is InChI=1S/C16H28N2O4.C6H14S/c1-5-12(6-2)22-14-9-11(16(20)21-7-3)8-13(17)15(14)18-10(4)19;1-2-3-4-5-6-7/h9,12-15H,5-8,17H2,1-4H3,(H,18,19);7H,2-6H2,1H3/t13-,14+,15+;/m0./s1. The average molecular weight is 431 g/mol. The molecule has 170 valence electrons. The van der Waals surface area contributed by atoms with Crippen LogP contribution in [0.3, 0.4) is 0 Å². The van der Waals surface area contributed by atoms with Gasteiger partial charge in [-0.15, -0.1) is 0 Å². The highest BCUT2D eigenvalue weighted by Crippen LogP contribution is 2.24. The van der Waals surface area contributed by atoms with Gasteiger partial charge in [-0.25, -0.2) is 4.79 Å². The maximum Gasteiger partial charge on any atom is 0.333 e. The van der Waals surface area contributed by atoms with Crippen LogP contribution in [0.4, 0.5) is 0 Å². The third-order valence-corrected chi connectivity index (χ3v) is 5.13. The fraction of sp³-hybridized carbons (Fsp3) is 0.818. The van der Waals surface area contributed by atoms with Crippen LogP contribution in [0.5, 0.6) is 0 Å². The Morgan fingerprint density at radius 1 is 1.21 bits per heavy atom. The summed E-state index contributed by atoms with van der Waals surface area (Å²) in [7, 11) is 0. The van der Waals surface area contributed by atoms with Gasteiger partial charge in [0.25, 0.3) is 0 Å². The topological polar surface area (TPSA) is 90.6 Å². The molecular formula is C22H42N2O4S. The summed E-state index contributed by atoms with van der Waals surface area (Å²) in [6.45, 7) is 9.84. The third-order valence-electron chi connectivity index (χ3n) is 4.82. The number of hydrogen-bond donors (Lipinski definition) is 3. The van der Waals surface area contributed by atoms with E-state index in [4.69, 9.17) is 15.2 Å². The first-order valence-electron chi connectivity index (χ1n) is 11.0. The van der Waals surface area contributed by atoms with Crippen molar-refractivity contribution in [2.24, 2.45) is 5.73 Å². The van der Waals surface area contributed by atoms with E-state index in [-0.39, 0.29) is 30.1 Å². The van der Waals surface area contributed by atoms with Gasteiger partial charge in [0.05, 0.1) is 24.9 Å². The highest BCUT2D eigenvalue weighted by atomic mass is 32.1. The van der Waals surface area contributed by atoms with Crippen LogP contribution in [0.2, 0.25) is 0 Å². The number of nitrogens with one attached hydrogen (secondary N) is 1. The molecule has 7 heteroatoms. The van der Waals surface area contributed by atoms with Crippen LogP contribution in [0.25, 0.3) is 0 Å². The van der Waals surface area contributed by atoms with Crippen molar-refractivity contribution in [1.82, 2.24) is 5.32 Å². The summed E-state index contributed by atoms with van der Waals surface area (Å²) in [6.07, 6.45) is 8.83. The predicted octanol–water partition coefficient (Wildman–Crippen LogP) is 3.78. The number of carbonyl (C=O) groups is 2. The van der Waals surface area contributed by atoms with Crippen molar-refractivity contribution in [3.8, 4) is 0 Å². The largest absolute Gasteiger partial charge is 0.463 e. The Morgan fingerprint density at radius 2 is 1.86 bits per heavy atom. The molecule has 0 saturated heterocycles. The van der Waals surface area contributed by atoms with Crippen LogP contribution in [0.15, 0.2) is 11.6 Å². The van der Waals surface area contributed by atoms with Crippen LogP contribution >= 0.6 is 12.6 Å². The molecule has 0 unspecified atom stereocenters. The van der Waals surface area contributed by atoms with E-state index in [1.165, 1.54) is 32.6 Å². The van der Waals surface area contributed by atoms with Gasteiger partial charge in [-0.1, -0.05) is 40.0 Å². The molecular weight excluding hydrogens is 388 g/mol. The number of thiol groups is 1. The Hall–Kier alpha value is -1.05. The smallest absolute Gasteiger partial charge is 0.333 e. The van der Waals surface area contributed by atoms with Crippen LogP contribution < -0.4 is 11.1 Å². The second-order valence-corrected chi connectivity index (χ2v) is 7.78. The number of amides is 1. The van der Waals surface area contributed by atoms with E-state index < -0.39 is 6.10 Å². The molecule has 0 aliphatic heterocycles. The molecule has 1 aliphatic carbocycles. The van der Waals surface area contributed by atoms with Gasteiger partial charge in [-0.3, -0.25) is 4.79 Å². The number of esters is 1. The van der Waals surface area contributed by atoms with Gasteiger partial charge in [0.2, 0.25) is 5.91 Å². The molecule has 1 rings (SSSR count). The van der Waals surface area contributed by atoms with Crippen molar-refractivity contribution in [3.63, 3.8) is 0 Å². The zero-order chi connectivity index (χ0) is 22.2. The fourth-order valence-electron chi connectivity index (χ4n) is 3.16. The summed E-state index contributed by atoms with van der Waals surface area (Å²) < 4.78 is 11.1. The fourth-order valence-corrected chi connectivity index (χ4v) is 3.38. The summed E-state index contributed by atoms with van der Waals surface area (Å²) >= 11 is 4.09. The van der Waals surface area contributed by atoms with Gasteiger partial charge in [-0.05, 0) is 44.4 Å². The minimum absolute atomic E-state index is 0.0613. The molecule has 0 spiro atoms. The number of carbonyl (C=O) groups excluding carboxylic acids is 2. The summed E-state index contributed by atoms with van der Waals surface area (Å²) in [5.41, 5.74) is 6.68. The average Bonchev–Trinajstić information content (AvgIpc) is 2.69. The molecule has 1 aliphatic rings. The second kappa shape index (κ2) is 16.7. The maximum absolute atomic E-state index is 12.0. The predicted molar refractivity (Wildman–Crippen MR) is 122 cm³/mol. The zero-order valence-electron chi connectivity index (χ0n) is 18.9. The highest BCUT2D eigenvalue weighted by molar-refractivity contribution is 7.80. The molecule has 3 N–H and O–H groups in total. The van der Waals surface area contributed by atoms with Crippen molar-refractivity contribution in [1.29, 1.82) is 0 Å². The first-order valence-corrected chi connectivity index (χ1v) is 11.6. The highest BCUT2D eigenvalue weighted by Gasteiger charge is 2.35. The van der Waals surface area contributed by atoms with Crippen molar-refractivity contribution in [2.45, 2.75) is 104 Å². The zero-order valence-corrected chi connectivity index (χ0v) is 19.8. The number of nitrogens with two attached hydrogens (primary N) is 1. The van der Waals surface area contributed by atoms with E-state index in [2.05, 4.69) is 24.9 Å². The molecule has 0 aromatic carbocycles. The van der Waals surface area contributed by atoms with E-state index in [0.717, 1.165) is 18.6 Å². The van der Waals surface area contributed by atoms with Crippen molar-refractivity contribution >= 4 is 24.5 Å². The molecule has 0 heterocycles. The normalized spacial score (nSPS) is 21.1. The van der Waals surface area contributed by atoms with E-state index in [1.807, 2.05) is 13.8 Å². The van der Waals surface area contributed by atoms with Gasteiger partial charge < -0.3 is 20.5 Å². The number of unbranched alkanes of at least 4 members (excludes halogenated alkanes) is 3. The van der Waals surface area contributed by atoms with Crippen LogP contribution in [0.1, 0.15) is 79.6 Å². The van der Waals surface area contributed by atoms with Gasteiger partial charge in [0, 0.05) is 18.5 Å². The SMILES string of the molecule is CCCCCCS.CCOC(=O)C1=C[C@@H](OC(CC)CC)[C@H](NC(C)=O)[C@@H](N)C1. The van der Waals surface area contributed by atoms with Crippen molar-refractivity contribution < 1.29 is 19.1 Å². The first kappa shape index (κ1) is 27.9. The Bertz CT molecular complexity index is 491. The van der Waals surface area contributed by atoms with E-state index in [9.17, 15) is 9.59 Å². The molecule has 0 aromatic rings. The van der Waals surface area contributed by atoms with Gasteiger partial charge in [0.1, 0.15) is 0 Å². The minimum Gasteiger partial charge on any atom is -0.463 e. The summed E-state index contributed by atoms with van der Waals surface area (Å²) in [5.74, 6) is 0.531. The quantitative estimate of drug-likeness (QED) is 0.264. The first-order chi connectivity index (χ1) is 13.8. The number of hydrogen-bond acceptors (Lipinski definition) is 6. The van der Waals surface area contributed by atoms with Crippen molar-refractivity contribution in [2.75, 3.05) is 12.4 Å². The van der Waals surface area contributed by atoms with Crippen LogP contribution in [0, 0.1) is 0 Å². The lowest BCUT2D eigenvalue weighted by atomic mass is 9.88. The molecule has 0 fully saturated rings. The Morgan fingerprint density at radius 3 is 2.34 bits per heavy atom. The molecule has 0 saturated carbocycles. The van der Waals surface area contributed by atoms with E-state index >= 15 is 0 Å². The molecule has 6 nitrogen and oxygen atoms in total. The summed E-state index contributed by atoms with van der Waals surface area (Å²) in [6, 6.07) is -0.719. The van der Waals surface area contributed by atoms with Crippen molar-refractivity contribution in [3.05, 3.63) is 11.6 Å². The lowest BCUT2D eigenvalue weighted by Crippen LogP contribution is -2.57. The molecule has 0 aromatic heterocycles. The van der Waals surface area contributed by atoms with Gasteiger partial charge >= 0.3 is 5.97 Å². The molecule has 29 heavy (non-hydrogen) atoms. The molecule has 3 atom stereocenters. The van der Waals surface area contributed by atoms with Crippen LogP contribution in [-0.4, -0.2) is 48.5 Å². The number of ether oxygens (including phenoxy) is 2. The van der Waals surface area contributed by atoms with E-state index in [1.54, 1.807) is 13.0 Å². The van der Waals surface area contributed by atoms with Gasteiger partial charge in [0.15, 0.2) is 0 Å². The third kappa shape index (κ3) is 11.6. The monoisotopic (exact) mass is 430 g/mol. The van der Waals surface area contributed by atoms with Crippen LogP contribution in [-0.2, 0) is 19.1 Å². The Balaban J connectivity index is 0.000000956. The summed E-state index contributed by atoms with van der Waals surface area (Å²) in [5, 5.41) is 2.84. The van der Waals surface area contributed by atoms with E-state index in [0.29, 0.717) is 18.6 Å². The Kier molecular flexibility index (Phi) is 16.1. The maximum atomic E-state index is 12.0. The minimum atomic E-state index is -0.419. The summed E-state index contributed by atoms with van der Waals surface area (Å²) in [4.78, 5) is 23.4. The lowest BCUT2D eigenvalue weighted by molar-refractivity contribution is -0.139. The second-order valence-electron chi connectivity index (χ2n) is 7.33. The number of rotatable bonds is 11. The Labute approximate surface area is 182 Å². The molecule has 0 bridgehead atoms. The molecule has 0 radical (unpaired) electrons. The molecule has 1 amide bonds.